The second kappa shape index (κ2) is 5.56. The third-order valence-electron chi connectivity index (χ3n) is 2.02. The number of amidine groups is 1. The molecule has 2 aromatic rings. The van der Waals surface area contributed by atoms with Crippen molar-refractivity contribution in [2.75, 3.05) is 0 Å². The smallest absolute Gasteiger partial charge is 0.144 e. The molecule has 0 aliphatic rings. The Morgan fingerprint density at radius 3 is 2.67 bits per heavy atom. The van der Waals surface area contributed by atoms with Crippen LogP contribution in [0.1, 0.15) is 5.69 Å². The van der Waals surface area contributed by atoms with Crippen molar-refractivity contribution in [2.24, 2.45) is 5.73 Å². The van der Waals surface area contributed by atoms with Crippen LogP contribution in [0.3, 0.4) is 0 Å². The van der Waals surface area contributed by atoms with Crippen LogP contribution in [0.25, 0.3) is 0 Å². The summed E-state index contributed by atoms with van der Waals surface area (Å²) in [5.41, 5.74) is 5.78. The maximum absolute atomic E-state index is 7.44. The molecule has 4 nitrogen and oxygen atoms in total. The van der Waals surface area contributed by atoms with Gasteiger partial charge in [0.15, 0.2) is 0 Å². The van der Waals surface area contributed by atoms with Gasteiger partial charge in [-0.1, -0.05) is 35.0 Å². The summed E-state index contributed by atoms with van der Waals surface area (Å²) in [5.74, 6) is -0.135. The number of aromatic nitrogens is 2. The van der Waals surface area contributed by atoms with E-state index in [4.69, 9.17) is 34.3 Å². The van der Waals surface area contributed by atoms with Crippen LogP contribution < -0.4 is 5.73 Å². The van der Waals surface area contributed by atoms with Crippen molar-refractivity contribution in [3.05, 3.63) is 46.3 Å². The summed E-state index contributed by atoms with van der Waals surface area (Å²) >= 11 is 13.2. The minimum atomic E-state index is -0.135. The first-order chi connectivity index (χ1) is 8.58. The summed E-state index contributed by atoms with van der Waals surface area (Å²) in [7, 11) is 0. The average molecular weight is 299 g/mol. The number of rotatable bonds is 3. The molecule has 0 spiro atoms. The lowest BCUT2D eigenvalue weighted by Gasteiger charge is -2.07. The van der Waals surface area contributed by atoms with Gasteiger partial charge in [0.05, 0.1) is 5.02 Å². The first-order valence-electron chi connectivity index (χ1n) is 4.86. The van der Waals surface area contributed by atoms with Crippen molar-refractivity contribution >= 4 is 40.8 Å². The van der Waals surface area contributed by atoms with Gasteiger partial charge in [-0.05, 0) is 18.2 Å². The van der Waals surface area contributed by atoms with Crippen LogP contribution in [0.5, 0.6) is 0 Å². The van der Waals surface area contributed by atoms with E-state index in [0.717, 1.165) is 4.90 Å². The number of hydrogen-bond donors (Lipinski definition) is 2. The number of benzene rings is 1. The van der Waals surface area contributed by atoms with Gasteiger partial charge in [0.1, 0.15) is 16.6 Å². The van der Waals surface area contributed by atoms with E-state index in [0.29, 0.717) is 20.8 Å². The molecule has 92 valence electrons. The maximum Gasteiger partial charge on any atom is 0.144 e. The Kier molecular flexibility index (Phi) is 4.06. The maximum atomic E-state index is 7.44. The molecule has 2 rings (SSSR count). The van der Waals surface area contributed by atoms with Gasteiger partial charge in [-0.2, -0.15) is 0 Å². The van der Waals surface area contributed by atoms with E-state index in [1.165, 1.54) is 24.2 Å². The van der Waals surface area contributed by atoms with Crippen LogP contribution in [-0.4, -0.2) is 15.8 Å². The minimum absolute atomic E-state index is 0.135. The highest BCUT2D eigenvalue weighted by Crippen LogP contribution is 2.34. The topological polar surface area (TPSA) is 75.7 Å². The molecule has 1 heterocycles. The van der Waals surface area contributed by atoms with Gasteiger partial charge in [-0.15, -0.1) is 0 Å². The molecule has 1 aromatic heterocycles. The summed E-state index contributed by atoms with van der Waals surface area (Å²) < 4.78 is 0. The summed E-state index contributed by atoms with van der Waals surface area (Å²) in [6.45, 7) is 0. The number of nitrogens with two attached hydrogens (primary N) is 1. The fraction of sp³-hybridized carbons (Fsp3) is 0. The predicted molar refractivity (Wildman–Crippen MR) is 73.6 cm³/mol. The molecule has 0 radical (unpaired) electrons. The van der Waals surface area contributed by atoms with Crippen molar-refractivity contribution in [3.8, 4) is 0 Å². The third kappa shape index (κ3) is 2.93. The molecule has 0 aliphatic carbocycles. The molecule has 0 unspecified atom stereocenters. The van der Waals surface area contributed by atoms with E-state index in [1.54, 1.807) is 18.2 Å². The largest absolute Gasteiger partial charge is 0.382 e. The molecular formula is C11H8Cl2N4S. The zero-order valence-electron chi connectivity index (χ0n) is 9.02. The molecule has 1 aromatic carbocycles. The lowest BCUT2D eigenvalue weighted by Crippen LogP contribution is -2.15. The number of nitrogens with zero attached hydrogens (tertiary/aromatic N) is 2. The van der Waals surface area contributed by atoms with Crippen molar-refractivity contribution in [1.82, 2.24) is 9.97 Å². The van der Waals surface area contributed by atoms with E-state index in [9.17, 15) is 0 Å². The zero-order chi connectivity index (χ0) is 13.1. The third-order valence-corrected chi connectivity index (χ3v) is 3.75. The van der Waals surface area contributed by atoms with E-state index in [2.05, 4.69) is 9.97 Å². The molecule has 3 N–H and O–H groups in total. The van der Waals surface area contributed by atoms with Crippen molar-refractivity contribution in [2.45, 2.75) is 9.92 Å². The Labute approximate surface area is 118 Å². The van der Waals surface area contributed by atoms with Crippen molar-refractivity contribution in [3.63, 3.8) is 0 Å². The summed E-state index contributed by atoms with van der Waals surface area (Å²) in [6.07, 6.45) is 3.02. The monoisotopic (exact) mass is 298 g/mol. The fourth-order valence-electron chi connectivity index (χ4n) is 1.24. The van der Waals surface area contributed by atoms with Crippen molar-refractivity contribution < 1.29 is 0 Å². The number of nitrogen functional groups attached to an aromatic ring is 1. The molecule has 18 heavy (non-hydrogen) atoms. The summed E-state index contributed by atoms with van der Waals surface area (Å²) in [6, 6.07) is 5.14. The molecule has 7 heteroatoms. The quantitative estimate of drug-likeness (QED) is 0.674. The first-order valence-corrected chi connectivity index (χ1v) is 6.43. The average Bonchev–Trinajstić information content (AvgIpc) is 2.34. The van der Waals surface area contributed by atoms with Crippen LogP contribution in [0.4, 0.5) is 0 Å². The molecule has 0 amide bonds. The second-order valence-electron chi connectivity index (χ2n) is 3.30. The second-order valence-corrected chi connectivity index (χ2v) is 5.17. The number of hydrogen-bond acceptors (Lipinski definition) is 4. The Morgan fingerprint density at radius 2 is 1.94 bits per heavy atom. The molecule has 0 atom stereocenters. The van der Waals surface area contributed by atoms with Crippen LogP contribution in [-0.2, 0) is 0 Å². The number of halogens is 2. The molecule has 0 bridgehead atoms. The van der Waals surface area contributed by atoms with Gasteiger partial charge in [0, 0.05) is 22.3 Å². The van der Waals surface area contributed by atoms with E-state index < -0.39 is 0 Å². The van der Waals surface area contributed by atoms with Crippen LogP contribution in [0.2, 0.25) is 10.0 Å². The predicted octanol–water partition coefficient (Wildman–Crippen LogP) is 3.22. The summed E-state index contributed by atoms with van der Waals surface area (Å²) in [4.78, 5) is 8.90. The summed E-state index contributed by atoms with van der Waals surface area (Å²) in [5, 5.41) is 9.10. The Hall–Kier alpha value is -1.30. The Balaban J connectivity index is 2.40. The normalized spacial score (nSPS) is 10.3. The standard InChI is InChI=1S/C11H8Cl2N4S/c12-6-1-2-7(13)8(5-6)18-11-9(10(14)15)16-3-4-17-11/h1-5H,(H3,14,15). The van der Waals surface area contributed by atoms with E-state index >= 15 is 0 Å². The highest BCUT2D eigenvalue weighted by molar-refractivity contribution is 7.99. The van der Waals surface area contributed by atoms with Gasteiger partial charge >= 0.3 is 0 Å². The fourth-order valence-corrected chi connectivity index (χ4v) is 2.65. The molecular weight excluding hydrogens is 291 g/mol. The van der Waals surface area contributed by atoms with Crippen LogP contribution in [0.15, 0.2) is 40.5 Å². The molecule has 0 saturated carbocycles. The van der Waals surface area contributed by atoms with Gasteiger partial charge in [-0.3, -0.25) is 5.41 Å². The van der Waals surface area contributed by atoms with Crippen LogP contribution >= 0.6 is 35.0 Å². The van der Waals surface area contributed by atoms with Gasteiger partial charge in [-0.25, -0.2) is 9.97 Å². The van der Waals surface area contributed by atoms with Crippen LogP contribution in [0, 0.1) is 5.41 Å². The number of nitrogens with one attached hydrogen (secondary N) is 1. The molecule has 0 aliphatic heterocycles. The minimum Gasteiger partial charge on any atom is -0.382 e. The van der Waals surface area contributed by atoms with E-state index in [-0.39, 0.29) is 5.84 Å². The SMILES string of the molecule is N=C(N)c1nccnc1Sc1cc(Cl)ccc1Cl. The Morgan fingerprint density at radius 1 is 1.22 bits per heavy atom. The zero-order valence-corrected chi connectivity index (χ0v) is 11.4. The van der Waals surface area contributed by atoms with Gasteiger partial charge < -0.3 is 5.73 Å². The van der Waals surface area contributed by atoms with E-state index in [1.807, 2.05) is 0 Å². The highest BCUT2D eigenvalue weighted by atomic mass is 35.5. The highest BCUT2D eigenvalue weighted by Gasteiger charge is 2.11. The first kappa shape index (κ1) is 13.1. The van der Waals surface area contributed by atoms with Gasteiger partial charge in [0.25, 0.3) is 0 Å². The molecule has 0 fully saturated rings. The lowest BCUT2D eigenvalue weighted by atomic mass is 10.4. The van der Waals surface area contributed by atoms with Crippen molar-refractivity contribution in [1.29, 1.82) is 5.41 Å². The molecule has 0 saturated heterocycles. The Bertz CT molecular complexity index is 603. The van der Waals surface area contributed by atoms with Gasteiger partial charge in [0.2, 0.25) is 0 Å². The lowest BCUT2D eigenvalue weighted by molar-refractivity contribution is 1.03.